The van der Waals surface area contributed by atoms with Crippen molar-refractivity contribution in [3.63, 3.8) is 0 Å². The zero-order chi connectivity index (χ0) is 20.4. The van der Waals surface area contributed by atoms with Gasteiger partial charge in [0.15, 0.2) is 0 Å². The number of nitrogens with zero attached hydrogens (tertiary/aromatic N) is 1. The highest BCUT2D eigenvalue weighted by Crippen LogP contribution is 2.33. The van der Waals surface area contributed by atoms with Gasteiger partial charge >= 0.3 is 6.18 Å². The summed E-state index contributed by atoms with van der Waals surface area (Å²) in [6.45, 7) is 0. The lowest BCUT2D eigenvalue weighted by atomic mass is 10.1. The topological polar surface area (TPSA) is 101 Å². The fourth-order valence-electron chi connectivity index (χ4n) is 2.17. The van der Waals surface area contributed by atoms with Crippen LogP contribution in [0.5, 0.6) is 0 Å². The van der Waals surface area contributed by atoms with Crippen LogP contribution < -0.4 is 9.44 Å². The summed E-state index contributed by atoms with van der Waals surface area (Å²) in [5, 5.41) is 5.00. The van der Waals surface area contributed by atoms with Crippen molar-refractivity contribution in [2.45, 2.75) is 11.1 Å². The van der Waals surface area contributed by atoms with E-state index in [0.717, 1.165) is 42.6 Å². The summed E-state index contributed by atoms with van der Waals surface area (Å²) in [6.07, 6.45) is -3.12. The van der Waals surface area contributed by atoms with Crippen molar-refractivity contribution in [3.8, 4) is 0 Å². The van der Waals surface area contributed by atoms with Crippen LogP contribution in [0.15, 0.2) is 53.6 Å². The van der Waals surface area contributed by atoms with Gasteiger partial charge in [0.25, 0.3) is 11.3 Å². The largest absolute Gasteiger partial charge is 0.416 e. The minimum atomic E-state index is -4.69. The molecule has 3 N–H and O–H groups in total. The zero-order valence-electron chi connectivity index (χ0n) is 13.2. The Morgan fingerprint density at radius 3 is 2.33 bits per heavy atom. The van der Waals surface area contributed by atoms with E-state index < -0.39 is 49.4 Å². The minimum Gasteiger partial charge on any atom is -0.289 e. The number of sulfonamides is 1. The Morgan fingerprint density at radius 1 is 1.15 bits per heavy atom. The third kappa shape index (κ3) is 5.13. The third-order valence-corrected chi connectivity index (χ3v) is 4.90. The average molecular weight is 424 g/mol. The maximum absolute atomic E-state index is 13.5. The van der Waals surface area contributed by atoms with Crippen LogP contribution in [-0.4, -0.2) is 17.2 Å². The maximum atomic E-state index is 13.5. The summed E-state index contributed by atoms with van der Waals surface area (Å²) in [6, 6.07) is 6.54. The van der Waals surface area contributed by atoms with Crippen LogP contribution >= 0.6 is 0 Å². The molecule has 1 atom stereocenters. The summed E-state index contributed by atoms with van der Waals surface area (Å²) >= 11 is -2.93. The van der Waals surface area contributed by atoms with Gasteiger partial charge in [0, 0.05) is 6.20 Å². The fourth-order valence-corrected chi connectivity index (χ4v) is 3.42. The molecule has 2 rings (SSSR count). The second kappa shape index (κ2) is 7.76. The van der Waals surface area contributed by atoms with E-state index in [0.29, 0.717) is 10.4 Å². The molecular weight excluding hydrogens is 412 g/mol. The van der Waals surface area contributed by atoms with Gasteiger partial charge in [-0.25, -0.2) is 26.5 Å². The van der Waals surface area contributed by atoms with E-state index in [1.807, 2.05) is 0 Å². The van der Waals surface area contributed by atoms with Crippen LogP contribution in [0.3, 0.4) is 0 Å². The predicted octanol–water partition coefficient (Wildman–Crippen LogP) is 3.11. The Bertz CT molecular complexity index is 1010. The van der Waals surface area contributed by atoms with Crippen LogP contribution in [0.25, 0.3) is 6.08 Å². The number of anilines is 1. The standard InChI is InChI=1S/C15H12F4N2O4S2/c16-11-5-6-14(27(20,24)25)13(9-11)21(26(22)23)8-7-10-3-1-2-4-12(10)15(17,18)19/h1-9H,(H,22,23)(H2,20,24,25). The van der Waals surface area contributed by atoms with Gasteiger partial charge in [0.2, 0.25) is 10.0 Å². The normalized spacial score (nSPS) is 13.7. The summed E-state index contributed by atoms with van der Waals surface area (Å²) in [4.78, 5) is -0.681. The Kier molecular flexibility index (Phi) is 6.04. The third-order valence-electron chi connectivity index (χ3n) is 3.29. The fraction of sp³-hybridized carbons (Fsp3) is 0.0667. The van der Waals surface area contributed by atoms with E-state index >= 15 is 0 Å². The molecule has 1 unspecified atom stereocenters. The molecule has 6 nitrogen and oxygen atoms in total. The van der Waals surface area contributed by atoms with Gasteiger partial charge in [-0.1, -0.05) is 18.2 Å². The zero-order valence-corrected chi connectivity index (χ0v) is 14.9. The Hall–Kier alpha value is -2.28. The Labute approximate surface area is 154 Å². The molecule has 0 radical (unpaired) electrons. The highest BCUT2D eigenvalue weighted by atomic mass is 32.2. The summed E-state index contributed by atoms with van der Waals surface area (Å²) < 4.78 is 97.2. The van der Waals surface area contributed by atoms with Crippen molar-refractivity contribution < 1.29 is 34.7 Å². The van der Waals surface area contributed by atoms with Gasteiger partial charge in [0.05, 0.1) is 11.3 Å². The summed E-state index contributed by atoms with van der Waals surface area (Å²) in [5.74, 6) is -0.947. The molecule has 2 aromatic rings. The number of hydrogen-bond donors (Lipinski definition) is 2. The molecule has 2 aromatic carbocycles. The first kappa shape index (κ1) is 21.0. The first-order chi connectivity index (χ1) is 12.4. The predicted molar refractivity (Wildman–Crippen MR) is 91.5 cm³/mol. The van der Waals surface area contributed by atoms with Crippen molar-refractivity contribution in [2.24, 2.45) is 5.14 Å². The lowest BCUT2D eigenvalue weighted by molar-refractivity contribution is -0.137. The van der Waals surface area contributed by atoms with Crippen molar-refractivity contribution >= 4 is 33.1 Å². The molecule has 0 saturated carbocycles. The van der Waals surface area contributed by atoms with Gasteiger partial charge < -0.3 is 0 Å². The van der Waals surface area contributed by atoms with Gasteiger partial charge in [-0.05, 0) is 35.9 Å². The van der Waals surface area contributed by atoms with E-state index in [1.54, 1.807) is 0 Å². The first-order valence-electron chi connectivity index (χ1n) is 6.98. The second-order valence-corrected chi connectivity index (χ2v) is 7.50. The van der Waals surface area contributed by atoms with Crippen LogP contribution in [0.2, 0.25) is 0 Å². The lowest BCUT2D eigenvalue weighted by Gasteiger charge is -2.18. The molecule has 12 heteroatoms. The van der Waals surface area contributed by atoms with Gasteiger partial charge in [0.1, 0.15) is 10.7 Å². The van der Waals surface area contributed by atoms with Gasteiger partial charge in [-0.3, -0.25) is 4.55 Å². The molecule has 0 spiro atoms. The van der Waals surface area contributed by atoms with E-state index in [1.165, 1.54) is 6.07 Å². The second-order valence-electron chi connectivity index (χ2n) is 5.11. The SMILES string of the molecule is NS(=O)(=O)c1ccc(F)cc1N(C=Cc1ccccc1C(F)(F)F)S(=O)O. The summed E-state index contributed by atoms with van der Waals surface area (Å²) in [5.41, 5.74) is -1.98. The molecule has 0 aliphatic heterocycles. The van der Waals surface area contributed by atoms with Crippen molar-refractivity contribution in [2.75, 3.05) is 4.31 Å². The number of alkyl halides is 3. The number of halogens is 4. The van der Waals surface area contributed by atoms with Crippen LogP contribution in [0.4, 0.5) is 23.2 Å². The molecule has 0 aliphatic carbocycles. The van der Waals surface area contributed by atoms with Gasteiger partial charge in [-0.15, -0.1) is 0 Å². The van der Waals surface area contributed by atoms with Crippen molar-refractivity contribution in [1.82, 2.24) is 0 Å². The van der Waals surface area contributed by atoms with E-state index in [-0.39, 0.29) is 5.56 Å². The molecule has 0 amide bonds. The van der Waals surface area contributed by atoms with E-state index in [9.17, 15) is 34.7 Å². The smallest absolute Gasteiger partial charge is 0.289 e. The highest BCUT2D eigenvalue weighted by Gasteiger charge is 2.32. The molecule has 0 bridgehead atoms. The van der Waals surface area contributed by atoms with E-state index in [4.69, 9.17) is 5.14 Å². The number of hydrogen-bond acceptors (Lipinski definition) is 3. The molecule has 0 aromatic heterocycles. The van der Waals surface area contributed by atoms with Crippen LogP contribution in [0.1, 0.15) is 11.1 Å². The highest BCUT2D eigenvalue weighted by molar-refractivity contribution is 7.89. The van der Waals surface area contributed by atoms with Gasteiger partial charge in [-0.2, -0.15) is 13.2 Å². The van der Waals surface area contributed by atoms with Crippen molar-refractivity contribution in [1.29, 1.82) is 0 Å². The quantitative estimate of drug-likeness (QED) is 0.569. The van der Waals surface area contributed by atoms with Crippen LogP contribution in [-0.2, 0) is 27.5 Å². The molecule has 0 heterocycles. The first-order valence-corrected chi connectivity index (χ1v) is 9.59. The number of benzene rings is 2. The molecule has 27 heavy (non-hydrogen) atoms. The van der Waals surface area contributed by atoms with E-state index in [2.05, 4.69) is 0 Å². The van der Waals surface area contributed by atoms with Crippen molar-refractivity contribution in [3.05, 3.63) is 65.6 Å². The summed E-state index contributed by atoms with van der Waals surface area (Å²) in [7, 11) is -4.41. The van der Waals surface area contributed by atoms with Crippen LogP contribution in [0, 0.1) is 5.82 Å². The average Bonchev–Trinajstić information content (AvgIpc) is 2.53. The molecule has 0 fully saturated rings. The minimum absolute atomic E-state index is 0.353. The number of rotatable bonds is 5. The number of primary sulfonamides is 1. The molecular formula is C15H12F4N2O4S2. The Morgan fingerprint density at radius 2 is 1.78 bits per heavy atom. The Balaban J connectivity index is 2.59. The molecule has 0 saturated heterocycles. The maximum Gasteiger partial charge on any atom is 0.416 e. The molecule has 0 aliphatic rings. The molecule has 146 valence electrons. The monoisotopic (exact) mass is 424 g/mol. The number of nitrogens with two attached hydrogens (primary N) is 1. The lowest BCUT2D eigenvalue weighted by Crippen LogP contribution is -2.23.